The maximum atomic E-state index is 8.95. The van der Waals surface area contributed by atoms with Gasteiger partial charge in [0.05, 0.1) is 6.61 Å². The summed E-state index contributed by atoms with van der Waals surface area (Å²) in [6, 6.07) is -0.339. The number of ether oxygens (including phenoxy) is 1. The van der Waals surface area contributed by atoms with Gasteiger partial charge in [-0.3, -0.25) is 0 Å². The van der Waals surface area contributed by atoms with Gasteiger partial charge in [0.15, 0.2) is 6.29 Å². The molecule has 0 aromatic carbocycles. The zero-order valence-electron chi connectivity index (χ0n) is 5.03. The first-order valence-corrected chi connectivity index (χ1v) is 2.95. The number of aliphatic hydroxyl groups excluding tert-OH is 2. The van der Waals surface area contributed by atoms with Crippen LogP contribution in [0.3, 0.4) is 0 Å². The van der Waals surface area contributed by atoms with Gasteiger partial charge in [0.2, 0.25) is 0 Å². The fraction of sp³-hybridized carbons (Fsp3) is 1.00. The van der Waals surface area contributed by atoms with Gasteiger partial charge in [-0.05, 0) is 6.42 Å². The van der Waals surface area contributed by atoms with E-state index in [4.69, 9.17) is 15.9 Å². The number of nitrogens with two attached hydrogens (primary N) is 1. The van der Waals surface area contributed by atoms with Crippen molar-refractivity contribution < 1.29 is 14.9 Å². The van der Waals surface area contributed by atoms with Gasteiger partial charge in [-0.1, -0.05) is 0 Å². The first-order chi connectivity index (χ1) is 4.22. The molecule has 3 atom stereocenters. The molecule has 1 heterocycles. The Balaban J connectivity index is 2.41. The highest BCUT2D eigenvalue weighted by atomic mass is 16.6. The summed E-state index contributed by atoms with van der Waals surface area (Å²) in [5, 5.41) is 17.7. The van der Waals surface area contributed by atoms with Gasteiger partial charge in [-0.15, -0.1) is 0 Å². The van der Waals surface area contributed by atoms with E-state index in [0.717, 1.165) is 0 Å². The minimum Gasteiger partial charge on any atom is -0.386 e. The molecule has 0 aliphatic carbocycles. The fourth-order valence-corrected chi connectivity index (χ4v) is 0.806. The molecule has 3 unspecified atom stereocenters. The van der Waals surface area contributed by atoms with Crippen LogP contribution < -0.4 is 5.73 Å². The van der Waals surface area contributed by atoms with E-state index in [9.17, 15) is 0 Å². The average molecular weight is 133 g/mol. The Morgan fingerprint density at radius 1 is 1.44 bits per heavy atom. The molecule has 1 saturated heterocycles. The van der Waals surface area contributed by atoms with Crippen molar-refractivity contribution in [1.82, 2.24) is 0 Å². The predicted octanol–water partition coefficient (Wildman–Crippen LogP) is -1.59. The smallest absolute Gasteiger partial charge is 0.182 e. The molecule has 0 radical (unpaired) electrons. The Hall–Kier alpha value is -0.160. The zero-order valence-corrected chi connectivity index (χ0v) is 5.03. The molecular weight excluding hydrogens is 122 g/mol. The van der Waals surface area contributed by atoms with Crippen molar-refractivity contribution in [3.05, 3.63) is 0 Å². The van der Waals surface area contributed by atoms with E-state index >= 15 is 0 Å². The van der Waals surface area contributed by atoms with Gasteiger partial charge < -0.3 is 20.7 Å². The molecule has 1 aliphatic heterocycles. The minimum absolute atomic E-state index is 0.339. The Kier molecular flexibility index (Phi) is 2.02. The summed E-state index contributed by atoms with van der Waals surface area (Å²) in [5.74, 6) is 0. The highest BCUT2D eigenvalue weighted by molar-refractivity contribution is 4.77. The number of rotatable bonds is 0. The van der Waals surface area contributed by atoms with Gasteiger partial charge in [-0.2, -0.15) is 0 Å². The van der Waals surface area contributed by atoms with Crippen LogP contribution in [0.1, 0.15) is 6.42 Å². The maximum absolute atomic E-state index is 8.95. The summed E-state index contributed by atoms with van der Waals surface area (Å²) in [6.45, 7) is 0.430. The van der Waals surface area contributed by atoms with Crippen LogP contribution in [-0.2, 0) is 4.74 Å². The minimum atomic E-state index is -1.09. The highest BCUT2D eigenvalue weighted by Crippen LogP contribution is 2.09. The summed E-state index contributed by atoms with van der Waals surface area (Å²) < 4.78 is 4.69. The first-order valence-electron chi connectivity index (χ1n) is 2.95. The molecule has 4 heteroatoms. The largest absolute Gasteiger partial charge is 0.386 e. The Morgan fingerprint density at radius 2 is 2.11 bits per heavy atom. The van der Waals surface area contributed by atoms with Crippen molar-refractivity contribution in [3.63, 3.8) is 0 Å². The van der Waals surface area contributed by atoms with Crippen molar-refractivity contribution in [3.8, 4) is 0 Å². The molecule has 0 spiro atoms. The third-order valence-corrected chi connectivity index (χ3v) is 1.47. The summed E-state index contributed by atoms with van der Waals surface area (Å²) in [4.78, 5) is 0. The molecular formula is C5H11NO3. The summed E-state index contributed by atoms with van der Waals surface area (Å²) in [7, 11) is 0. The SMILES string of the molecule is NC1CCOC(O)C1O. The standard InChI is InChI=1S/C5H11NO3/c6-3-1-2-9-5(8)4(3)7/h3-5,7-8H,1-2,6H2. The molecule has 54 valence electrons. The average Bonchev–Trinajstić information content (AvgIpc) is 1.83. The Morgan fingerprint density at radius 3 is 2.56 bits per heavy atom. The van der Waals surface area contributed by atoms with Crippen LogP contribution in [0.4, 0.5) is 0 Å². The number of hydrogen-bond acceptors (Lipinski definition) is 4. The lowest BCUT2D eigenvalue weighted by atomic mass is 10.1. The van der Waals surface area contributed by atoms with Crippen LogP contribution in [0.25, 0.3) is 0 Å². The van der Waals surface area contributed by atoms with Crippen molar-refractivity contribution in [2.75, 3.05) is 6.61 Å². The molecule has 0 aromatic rings. The van der Waals surface area contributed by atoms with E-state index in [2.05, 4.69) is 4.74 Å². The third kappa shape index (κ3) is 1.40. The normalized spacial score (nSPS) is 45.0. The third-order valence-electron chi connectivity index (χ3n) is 1.47. The van der Waals surface area contributed by atoms with Crippen molar-refractivity contribution in [1.29, 1.82) is 0 Å². The van der Waals surface area contributed by atoms with Crippen LogP contribution in [0.15, 0.2) is 0 Å². The summed E-state index contributed by atoms with van der Waals surface area (Å²) in [5.41, 5.74) is 5.38. The zero-order chi connectivity index (χ0) is 6.85. The summed E-state index contributed by atoms with van der Waals surface area (Å²) in [6.07, 6.45) is -1.40. The van der Waals surface area contributed by atoms with Gasteiger partial charge in [0.1, 0.15) is 6.10 Å². The van der Waals surface area contributed by atoms with Gasteiger partial charge >= 0.3 is 0 Å². The lowest BCUT2D eigenvalue weighted by Gasteiger charge is -2.28. The second-order valence-corrected chi connectivity index (χ2v) is 2.20. The van der Waals surface area contributed by atoms with Crippen molar-refractivity contribution in [2.45, 2.75) is 24.9 Å². The van der Waals surface area contributed by atoms with Gasteiger partial charge in [0.25, 0.3) is 0 Å². The molecule has 0 bridgehead atoms. The van der Waals surface area contributed by atoms with Gasteiger partial charge in [-0.25, -0.2) is 0 Å². The van der Waals surface area contributed by atoms with E-state index < -0.39 is 12.4 Å². The van der Waals surface area contributed by atoms with Crippen LogP contribution in [0.5, 0.6) is 0 Å². The molecule has 9 heavy (non-hydrogen) atoms. The molecule has 4 nitrogen and oxygen atoms in total. The molecule has 1 fully saturated rings. The lowest BCUT2D eigenvalue weighted by Crippen LogP contribution is -2.48. The second kappa shape index (κ2) is 2.62. The number of aliphatic hydroxyl groups is 2. The topological polar surface area (TPSA) is 75.7 Å². The van der Waals surface area contributed by atoms with Crippen LogP contribution in [0, 0.1) is 0 Å². The van der Waals surface area contributed by atoms with Crippen molar-refractivity contribution in [2.24, 2.45) is 5.73 Å². The Labute approximate surface area is 53.2 Å². The fourth-order valence-electron chi connectivity index (χ4n) is 0.806. The quantitative estimate of drug-likeness (QED) is 0.372. The van der Waals surface area contributed by atoms with Crippen molar-refractivity contribution >= 4 is 0 Å². The van der Waals surface area contributed by atoms with E-state index in [1.807, 2.05) is 0 Å². The first kappa shape index (κ1) is 6.95. The monoisotopic (exact) mass is 133 g/mol. The second-order valence-electron chi connectivity index (χ2n) is 2.20. The molecule has 1 aliphatic rings. The molecule has 1 rings (SSSR count). The lowest BCUT2D eigenvalue weighted by molar-refractivity contribution is -0.191. The highest BCUT2D eigenvalue weighted by Gasteiger charge is 2.27. The van der Waals surface area contributed by atoms with Crippen LogP contribution in [0.2, 0.25) is 0 Å². The predicted molar refractivity (Wildman–Crippen MR) is 30.6 cm³/mol. The van der Waals surface area contributed by atoms with E-state index in [0.29, 0.717) is 13.0 Å². The molecule has 0 aromatic heterocycles. The van der Waals surface area contributed by atoms with Gasteiger partial charge in [0, 0.05) is 6.04 Å². The molecule has 0 amide bonds. The van der Waals surface area contributed by atoms with E-state index in [1.165, 1.54) is 0 Å². The van der Waals surface area contributed by atoms with E-state index in [1.54, 1.807) is 0 Å². The van der Waals surface area contributed by atoms with Crippen LogP contribution >= 0.6 is 0 Å². The molecule has 4 N–H and O–H groups in total. The maximum Gasteiger partial charge on any atom is 0.182 e. The van der Waals surface area contributed by atoms with E-state index in [-0.39, 0.29) is 6.04 Å². The molecule has 0 saturated carbocycles. The Bertz CT molecular complexity index is 88.2. The summed E-state index contributed by atoms with van der Waals surface area (Å²) >= 11 is 0. The van der Waals surface area contributed by atoms with Crippen LogP contribution in [-0.4, -0.2) is 35.3 Å². The number of hydrogen-bond donors (Lipinski definition) is 3.